The zero-order valence-electron chi connectivity index (χ0n) is 9.70. The molecule has 18 heavy (non-hydrogen) atoms. The fourth-order valence-corrected chi connectivity index (χ4v) is 2.75. The van der Waals surface area contributed by atoms with Gasteiger partial charge in [-0.1, -0.05) is 12.8 Å². The highest BCUT2D eigenvalue weighted by atomic mass is 32.1. The topological polar surface area (TPSA) is 68.2 Å². The fourth-order valence-electron chi connectivity index (χ4n) is 2.45. The number of carbonyl (C=O) groups is 1. The van der Waals surface area contributed by atoms with Crippen molar-refractivity contribution in [2.45, 2.75) is 31.7 Å². The van der Waals surface area contributed by atoms with E-state index < -0.39 is 5.97 Å². The first-order valence-electron chi connectivity index (χ1n) is 5.94. The van der Waals surface area contributed by atoms with Gasteiger partial charge in [-0.15, -0.1) is 18.2 Å². The van der Waals surface area contributed by atoms with Crippen LogP contribution in [0.4, 0.5) is 0 Å². The summed E-state index contributed by atoms with van der Waals surface area (Å²) >= 11 is 4.26. The Labute approximate surface area is 110 Å². The van der Waals surface area contributed by atoms with Crippen molar-refractivity contribution in [1.29, 1.82) is 0 Å². The number of aliphatic imine (C=N–C) groups is 1. The van der Waals surface area contributed by atoms with Crippen LogP contribution in [0.3, 0.4) is 0 Å². The van der Waals surface area contributed by atoms with E-state index in [0.29, 0.717) is 16.9 Å². The highest BCUT2D eigenvalue weighted by Gasteiger charge is 2.32. The second-order valence-corrected chi connectivity index (χ2v) is 4.99. The predicted octanol–water partition coefficient (Wildman–Crippen LogP) is 1.08. The van der Waals surface area contributed by atoms with Crippen molar-refractivity contribution in [3.63, 3.8) is 0 Å². The zero-order valence-corrected chi connectivity index (χ0v) is 10.6. The van der Waals surface area contributed by atoms with E-state index in [2.05, 4.69) is 23.2 Å². The first-order valence-corrected chi connectivity index (χ1v) is 6.39. The number of carboxylic acid groups (broad SMARTS) is 1. The van der Waals surface area contributed by atoms with Crippen LogP contribution in [0.25, 0.3) is 0 Å². The number of nitrogens with one attached hydrogen (secondary N) is 1. The van der Waals surface area contributed by atoms with Crippen molar-refractivity contribution >= 4 is 24.8 Å². The van der Waals surface area contributed by atoms with Gasteiger partial charge >= 0.3 is 5.97 Å². The first-order chi connectivity index (χ1) is 8.66. The second-order valence-electron chi connectivity index (χ2n) is 4.57. The van der Waals surface area contributed by atoms with Crippen LogP contribution in [0.5, 0.6) is 0 Å². The highest BCUT2D eigenvalue weighted by Crippen LogP contribution is 2.31. The lowest BCUT2D eigenvalue weighted by atomic mass is 10.2. The maximum atomic E-state index is 11.0. The number of rotatable bonds is 2. The van der Waals surface area contributed by atoms with Gasteiger partial charge in [-0.2, -0.15) is 0 Å². The van der Waals surface area contributed by atoms with Crippen LogP contribution in [-0.2, 0) is 4.79 Å². The van der Waals surface area contributed by atoms with E-state index in [4.69, 9.17) is 5.11 Å². The average molecular weight is 266 g/mol. The van der Waals surface area contributed by atoms with Crippen molar-refractivity contribution in [3.05, 3.63) is 22.6 Å². The Morgan fingerprint density at radius 2 is 2.22 bits per heavy atom. The summed E-state index contributed by atoms with van der Waals surface area (Å²) in [6.45, 7) is 0. The maximum Gasteiger partial charge on any atom is 0.340 e. The summed E-state index contributed by atoms with van der Waals surface area (Å²) < 4.78 is 0. The normalized spacial score (nSPS) is 23.7. The molecule has 3 aliphatic rings. The Hall–Kier alpha value is -1.47. The molecule has 6 nitrogen and oxygen atoms in total. The molecule has 1 saturated carbocycles. The number of hydrazine groups is 2. The van der Waals surface area contributed by atoms with Gasteiger partial charge in [0.25, 0.3) is 0 Å². The van der Waals surface area contributed by atoms with Crippen LogP contribution < -0.4 is 5.53 Å². The molecule has 0 radical (unpaired) electrons. The van der Waals surface area contributed by atoms with Crippen LogP contribution in [0.15, 0.2) is 27.6 Å². The van der Waals surface area contributed by atoms with E-state index in [9.17, 15) is 4.79 Å². The molecule has 96 valence electrons. The largest absolute Gasteiger partial charge is 0.478 e. The lowest BCUT2D eigenvalue weighted by Gasteiger charge is -2.28. The van der Waals surface area contributed by atoms with Gasteiger partial charge in [0.2, 0.25) is 0 Å². The van der Waals surface area contributed by atoms with Crippen molar-refractivity contribution in [1.82, 2.24) is 15.6 Å². The minimum atomic E-state index is -1.02. The SMILES string of the molecule is O=C(O)C1=C(S)N2NN(C3CCCC3)C=C2N=C1. The van der Waals surface area contributed by atoms with Gasteiger partial charge < -0.3 is 5.11 Å². The zero-order chi connectivity index (χ0) is 12.7. The number of hydrogen-bond donors (Lipinski definition) is 3. The number of thiol groups is 1. The van der Waals surface area contributed by atoms with Crippen LogP contribution in [0.2, 0.25) is 0 Å². The van der Waals surface area contributed by atoms with Crippen LogP contribution >= 0.6 is 12.6 Å². The number of carboxylic acids is 1. The Kier molecular flexibility index (Phi) is 2.79. The maximum absolute atomic E-state index is 11.0. The van der Waals surface area contributed by atoms with Gasteiger partial charge in [0, 0.05) is 12.3 Å². The van der Waals surface area contributed by atoms with E-state index in [0.717, 1.165) is 12.8 Å². The van der Waals surface area contributed by atoms with Gasteiger partial charge in [-0.05, 0) is 12.8 Å². The molecule has 3 rings (SSSR count). The molecule has 2 aliphatic heterocycles. The minimum absolute atomic E-state index is 0.0938. The summed E-state index contributed by atoms with van der Waals surface area (Å²) in [6.07, 6.45) is 8.00. The third-order valence-electron chi connectivity index (χ3n) is 3.43. The summed E-state index contributed by atoms with van der Waals surface area (Å²) in [7, 11) is 0. The smallest absolute Gasteiger partial charge is 0.340 e. The molecule has 0 spiro atoms. The quantitative estimate of drug-likeness (QED) is 0.652. The van der Waals surface area contributed by atoms with Crippen molar-refractivity contribution < 1.29 is 9.90 Å². The number of hydrogen-bond acceptors (Lipinski definition) is 6. The van der Waals surface area contributed by atoms with E-state index in [1.807, 2.05) is 11.2 Å². The van der Waals surface area contributed by atoms with Crippen molar-refractivity contribution in [2.24, 2.45) is 4.99 Å². The molecule has 0 unspecified atom stereocenters. The van der Waals surface area contributed by atoms with Crippen molar-refractivity contribution in [2.75, 3.05) is 0 Å². The summed E-state index contributed by atoms with van der Waals surface area (Å²) in [4.78, 5) is 15.1. The molecule has 0 aromatic heterocycles. The molecule has 0 amide bonds. The Balaban J connectivity index is 1.83. The second kappa shape index (κ2) is 4.33. The van der Waals surface area contributed by atoms with Gasteiger partial charge in [0.1, 0.15) is 10.6 Å². The third-order valence-corrected chi connectivity index (χ3v) is 3.87. The van der Waals surface area contributed by atoms with E-state index in [1.54, 1.807) is 5.01 Å². The monoisotopic (exact) mass is 266 g/mol. The molecule has 7 heteroatoms. The molecule has 2 N–H and O–H groups in total. The van der Waals surface area contributed by atoms with Gasteiger partial charge in [0.05, 0.1) is 6.20 Å². The Morgan fingerprint density at radius 3 is 2.89 bits per heavy atom. The molecule has 0 aromatic carbocycles. The summed E-state index contributed by atoms with van der Waals surface area (Å²) in [5, 5.41) is 13.0. The predicted molar refractivity (Wildman–Crippen MR) is 69.3 cm³/mol. The van der Waals surface area contributed by atoms with E-state index in [1.165, 1.54) is 19.1 Å². The molecule has 0 bridgehead atoms. The van der Waals surface area contributed by atoms with Gasteiger partial charge in [-0.3, -0.25) is 5.01 Å². The van der Waals surface area contributed by atoms with Crippen LogP contribution in [0.1, 0.15) is 25.7 Å². The van der Waals surface area contributed by atoms with Crippen molar-refractivity contribution in [3.8, 4) is 0 Å². The minimum Gasteiger partial charge on any atom is -0.478 e. The lowest BCUT2D eigenvalue weighted by Crippen LogP contribution is -2.44. The van der Waals surface area contributed by atoms with E-state index in [-0.39, 0.29) is 5.57 Å². The van der Waals surface area contributed by atoms with Gasteiger partial charge in [-0.25, -0.2) is 14.8 Å². The molecular formula is C11H14N4O2S. The first kappa shape index (κ1) is 11.6. The van der Waals surface area contributed by atoms with Crippen LogP contribution in [0, 0.1) is 0 Å². The Bertz CT molecular complexity index is 479. The molecule has 1 aliphatic carbocycles. The highest BCUT2D eigenvalue weighted by molar-refractivity contribution is 7.84. The molecule has 0 saturated heterocycles. The molecule has 1 fully saturated rings. The van der Waals surface area contributed by atoms with Gasteiger partial charge in [0.15, 0.2) is 5.82 Å². The molecule has 0 atom stereocenters. The third kappa shape index (κ3) is 1.79. The average Bonchev–Trinajstić information content (AvgIpc) is 2.97. The summed E-state index contributed by atoms with van der Waals surface area (Å²) in [5.74, 6) is -0.346. The summed E-state index contributed by atoms with van der Waals surface area (Å²) in [6, 6.07) is 0.452. The molecule has 0 aromatic rings. The summed E-state index contributed by atoms with van der Waals surface area (Å²) in [5.41, 5.74) is 3.23. The number of aliphatic carboxylic acids is 1. The number of fused-ring (bicyclic) bond motifs is 1. The fraction of sp³-hybridized carbons (Fsp3) is 0.455. The standard InChI is InChI=1S/C11H14N4O2S/c16-11(17)8-5-12-9-6-14(7-3-1-2-4-7)13-15(9)10(8)18/h5-7,13,18H,1-4H2,(H,16,17). The molecule has 2 heterocycles. The van der Waals surface area contributed by atoms with E-state index >= 15 is 0 Å². The molecular weight excluding hydrogens is 252 g/mol. The number of nitrogens with zero attached hydrogens (tertiary/aromatic N) is 3. The van der Waals surface area contributed by atoms with Crippen LogP contribution in [-0.4, -0.2) is 33.4 Å². The lowest BCUT2D eigenvalue weighted by molar-refractivity contribution is -0.132. The Morgan fingerprint density at radius 1 is 1.50 bits per heavy atom.